The van der Waals surface area contributed by atoms with Gasteiger partial charge in [0.1, 0.15) is 10.5 Å². The largest absolute Gasteiger partial charge is 0.308 e. The van der Waals surface area contributed by atoms with Crippen molar-refractivity contribution in [3.05, 3.63) is 51.5 Å². The van der Waals surface area contributed by atoms with Gasteiger partial charge in [0.15, 0.2) is 0 Å². The molecule has 130 valence electrons. The fourth-order valence-corrected chi connectivity index (χ4v) is 4.45. The molecule has 0 unspecified atom stereocenters. The van der Waals surface area contributed by atoms with Gasteiger partial charge in [-0.05, 0) is 49.7 Å². The van der Waals surface area contributed by atoms with Crippen LogP contribution in [0.2, 0.25) is 5.02 Å². The Morgan fingerprint density at radius 3 is 2.56 bits per heavy atom. The second kappa shape index (κ2) is 7.28. The van der Waals surface area contributed by atoms with Gasteiger partial charge in [0.05, 0.1) is 12.1 Å². The van der Waals surface area contributed by atoms with Crippen LogP contribution < -0.4 is 5.56 Å². The van der Waals surface area contributed by atoms with Crippen LogP contribution in [0.15, 0.2) is 35.1 Å². The third-order valence-electron chi connectivity index (χ3n) is 4.63. The molecule has 1 aliphatic rings. The minimum absolute atomic E-state index is 0.0416. The maximum atomic E-state index is 12.5. The average molecular weight is 374 g/mol. The van der Waals surface area contributed by atoms with Crippen LogP contribution >= 0.6 is 22.9 Å². The number of hydrogen-bond donors (Lipinski definition) is 1. The summed E-state index contributed by atoms with van der Waals surface area (Å²) < 4.78 is 0.685. The number of nitrogens with one attached hydrogen (secondary N) is 1. The number of halogens is 1. The smallest absolute Gasteiger partial charge is 0.268 e. The Morgan fingerprint density at radius 2 is 1.84 bits per heavy atom. The molecule has 2 aromatic heterocycles. The lowest BCUT2D eigenvalue weighted by molar-refractivity contribution is 0.270. The lowest BCUT2D eigenvalue weighted by Crippen LogP contribution is -2.26. The molecule has 25 heavy (non-hydrogen) atoms. The highest BCUT2D eigenvalue weighted by Gasteiger charge is 2.14. The molecule has 0 amide bonds. The van der Waals surface area contributed by atoms with Gasteiger partial charge in [0.2, 0.25) is 0 Å². The van der Waals surface area contributed by atoms with Gasteiger partial charge in [-0.2, -0.15) is 0 Å². The molecule has 3 heterocycles. The number of H-pyrrole nitrogens is 1. The second-order valence-electron chi connectivity index (χ2n) is 6.53. The van der Waals surface area contributed by atoms with E-state index in [-0.39, 0.29) is 5.56 Å². The molecule has 0 saturated carbocycles. The molecule has 1 N–H and O–H groups in total. The Labute approximate surface area is 155 Å². The van der Waals surface area contributed by atoms with Crippen LogP contribution in [-0.4, -0.2) is 28.0 Å². The van der Waals surface area contributed by atoms with E-state index in [2.05, 4.69) is 9.88 Å². The van der Waals surface area contributed by atoms with E-state index < -0.39 is 0 Å². The zero-order chi connectivity index (χ0) is 17.2. The van der Waals surface area contributed by atoms with Crippen molar-refractivity contribution in [2.75, 3.05) is 13.1 Å². The number of hydrogen-bond acceptors (Lipinski definition) is 4. The Bertz CT molecular complexity index is 924. The normalized spacial score (nSPS) is 16.2. The van der Waals surface area contributed by atoms with Crippen LogP contribution in [0.3, 0.4) is 0 Å². The quantitative estimate of drug-likeness (QED) is 0.725. The first-order valence-electron chi connectivity index (χ1n) is 8.70. The van der Waals surface area contributed by atoms with Gasteiger partial charge in [0.25, 0.3) is 5.56 Å². The van der Waals surface area contributed by atoms with Crippen molar-refractivity contribution in [1.29, 1.82) is 0 Å². The summed E-state index contributed by atoms with van der Waals surface area (Å²) in [5, 5.41) is 0.709. The molecule has 0 radical (unpaired) electrons. The first-order valence-corrected chi connectivity index (χ1v) is 9.89. The van der Waals surface area contributed by atoms with E-state index in [9.17, 15) is 4.79 Å². The highest BCUT2D eigenvalue weighted by Crippen LogP contribution is 2.31. The molecule has 0 atom stereocenters. The van der Waals surface area contributed by atoms with E-state index in [0.29, 0.717) is 9.72 Å². The summed E-state index contributed by atoms with van der Waals surface area (Å²) in [7, 11) is 0. The molecule has 0 bridgehead atoms. The number of aromatic amines is 1. The zero-order valence-electron chi connectivity index (χ0n) is 13.9. The summed E-state index contributed by atoms with van der Waals surface area (Å²) in [5.41, 5.74) is 1.80. The SMILES string of the molecule is O=c1[nH]c(CN2CCCCCC2)nc2cc(-c3ccc(Cl)cc3)sc12. The van der Waals surface area contributed by atoms with Crippen molar-refractivity contribution in [2.24, 2.45) is 0 Å². The molecule has 3 aromatic rings. The maximum Gasteiger partial charge on any atom is 0.268 e. The van der Waals surface area contributed by atoms with Crippen LogP contribution in [0.25, 0.3) is 20.7 Å². The molecular formula is C19H20ClN3OS. The van der Waals surface area contributed by atoms with Crippen LogP contribution in [0, 0.1) is 0 Å². The topological polar surface area (TPSA) is 49.0 Å². The number of nitrogens with zero attached hydrogens (tertiary/aromatic N) is 2. The molecule has 1 fully saturated rings. The third kappa shape index (κ3) is 3.78. The Balaban J connectivity index is 1.64. The first-order chi connectivity index (χ1) is 12.2. The van der Waals surface area contributed by atoms with Crippen LogP contribution in [-0.2, 0) is 6.54 Å². The van der Waals surface area contributed by atoms with Gasteiger partial charge in [-0.3, -0.25) is 9.69 Å². The van der Waals surface area contributed by atoms with Gasteiger partial charge in [-0.1, -0.05) is 36.6 Å². The lowest BCUT2D eigenvalue weighted by atomic mass is 10.2. The summed E-state index contributed by atoms with van der Waals surface area (Å²) in [6.45, 7) is 2.89. The number of fused-ring (bicyclic) bond motifs is 1. The van der Waals surface area contributed by atoms with Gasteiger partial charge in [0, 0.05) is 9.90 Å². The van der Waals surface area contributed by atoms with Crippen molar-refractivity contribution in [3.8, 4) is 10.4 Å². The number of likely N-dealkylation sites (tertiary alicyclic amines) is 1. The molecule has 1 aliphatic heterocycles. The summed E-state index contributed by atoms with van der Waals surface area (Å²) >= 11 is 7.44. The summed E-state index contributed by atoms with van der Waals surface area (Å²) in [5.74, 6) is 0.764. The minimum Gasteiger partial charge on any atom is -0.308 e. The molecule has 6 heteroatoms. The van der Waals surface area contributed by atoms with Gasteiger partial charge >= 0.3 is 0 Å². The number of thiophene rings is 1. The molecule has 0 spiro atoms. The van der Waals surface area contributed by atoms with Crippen LogP contribution in [0.1, 0.15) is 31.5 Å². The van der Waals surface area contributed by atoms with Gasteiger partial charge in [-0.15, -0.1) is 11.3 Å². The average Bonchev–Trinajstić information content (AvgIpc) is 2.86. The fraction of sp³-hybridized carbons (Fsp3) is 0.368. The predicted molar refractivity (Wildman–Crippen MR) is 104 cm³/mol. The number of benzene rings is 1. The molecule has 0 aliphatic carbocycles. The van der Waals surface area contributed by atoms with Gasteiger partial charge < -0.3 is 4.98 Å². The third-order valence-corrected chi connectivity index (χ3v) is 6.06. The number of aromatic nitrogens is 2. The monoisotopic (exact) mass is 373 g/mol. The predicted octanol–water partition coefficient (Wildman–Crippen LogP) is 4.68. The Morgan fingerprint density at radius 1 is 1.12 bits per heavy atom. The van der Waals surface area contributed by atoms with E-state index in [1.165, 1.54) is 37.0 Å². The van der Waals surface area contributed by atoms with Crippen LogP contribution in [0.5, 0.6) is 0 Å². The van der Waals surface area contributed by atoms with Crippen molar-refractivity contribution >= 4 is 33.2 Å². The van der Waals surface area contributed by atoms with E-state index >= 15 is 0 Å². The number of rotatable bonds is 3. The molecule has 4 nitrogen and oxygen atoms in total. The molecule has 1 saturated heterocycles. The zero-order valence-corrected chi connectivity index (χ0v) is 15.5. The van der Waals surface area contributed by atoms with Crippen molar-refractivity contribution in [3.63, 3.8) is 0 Å². The lowest BCUT2D eigenvalue weighted by Gasteiger charge is -2.18. The van der Waals surface area contributed by atoms with Gasteiger partial charge in [-0.25, -0.2) is 4.98 Å². The second-order valence-corrected chi connectivity index (χ2v) is 8.02. The van der Waals surface area contributed by atoms with E-state index in [1.54, 1.807) is 0 Å². The highest BCUT2D eigenvalue weighted by molar-refractivity contribution is 7.22. The summed E-state index contributed by atoms with van der Waals surface area (Å²) in [6.07, 6.45) is 5.06. The van der Waals surface area contributed by atoms with Crippen molar-refractivity contribution < 1.29 is 0 Å². The highest BCUT2D eigenvalue weighted by atomic mass is 35.5. The standard InChI is InChI=1S/C19H20ClN3OS/c20-14-7-5-13(6-8-14)16-11-15-18(25-16)19(24)22-17(21-15)12-23-9-3-1-2-4-10-23/h5-8,11H,1-4,9-10,12H2,(H,21,22,24). The van der Waals surface area contributed by atoms with E-state index in [4.69, 9.17) is 16.6 Å². The summed E-state index contributed by atoms with van der Waals surface area (Å²) in [6, 6.07) is 9.68. The van der Waals surface area contributed by atoms with Crippen molar-refractivity contribution in [1.82, 2.24) is 14.9 Å². The molecular weight excluding hydrogens is 354 g/mol. The maximum absolute atomic E-state index is 12.5. The molecule has 1 aromatic carbocycles. The Hall–Kier alpha value is -1.69. The summed E-state index contributed by atoms with van der Waals surface area (Å²) in [4.78, 5) is 23.6. The first kappa shape index (κ1) is 16.8. The minimum atomic E-state index is -0.0416. The van der Waals surface area contributed by atoms with E-state index in [0.717, 1.165) is 41.4 Å². The van der Waals surface area contributed by atoms with Crippen molar-refractivity contribution in [2.45, 2.75) is 32.2 Å². The van der Waals surface area contributed by atoms with E-state index in [1.807, 2.05) is 30.3 Å². The molecule has 4 rings (SSSR count). The fourth-order valence-electron chi connectivity index (χ4n) is 3.33. The van der Waals surface area contributed by atoms with Crippen LogP contribution in [0.4, 0.5) is 0 Å². The Kier molecular flexibility index (Phi) is 4.88.